The standard InChI is InChI=1S/C18H19NOS2/c1-11-17(2,3)12-8-9-18(11,10-12)15(20)22-16-19-13-6-4-5-7-14(13)21-16/h4-7,12H,1,8-10H2,2-3H3. The van der Waals surface area contributed by atoms with Crippen LogP contribution in [0, 0.1) is 16.7 Å². The Balaban J connectivity index is 1.64. The van der Waals surface area contributed by atoms with Crippen molar-refractivity contribution in [3.8, 4) is 0 Å². The van der Waals surface area contributed by atoms with Crippen LogP contribution in [0.4, 0.5) is 0 Å². The minimum absolute atomic E-state index is 0.0993. The molecule has 0 radical (unpaired) electrons. The molecule has 2 unspecified atom stereocenters. The Morgan fingerprint density at radius 1 is 1.41 bits per heavy atom. The first kappa shape index (κ1) is 14.5. The van der Waals surface area contributed by atoms with Crippen LogP contribution in [0.1, 0.15) is 33.1 Å². The quantitative estimate of drug-likeness (QED) is 0.553. The van der Waals surface area contributed by atoms with Crippen molar-refractivity contribution in [2.45, 2.75) is 37.4 Å². The Morgan fingerprint density at radius 3 is 2.86 bits per heavy atom. The lowest BCUT2D eigenvalue weighted by molar-refractivity contribution is -0.117. The van der Waals surface area contributed by atoms with Crippen LogP contribution in [0.15, 0.2) is 40.8 Å². The van der Waals surface area contributed by atoms with E-state index >= 15 is 0 Å². The van der Waals surface area contributed by atoms with Gasteiger partial charge < -0.3 is 0 Å². The molecule has 2 bridgehead atoms. The van der Waals surface area contributed by atoms with E-state index in [-0.39, 0.29) is 15.9 Å². The van der Waals surface area contributed by atoms with E-state index in [1.54, 1.807) is 11.3 Å². The van der Waals surface area contributed by atoms with Crippen molar-refractivity contribution in [1.82, 2.24) is 4.98 Å². The van der Waals surface area contributed by atoms with E-state index in [0.717, 1.165) is 39.4 Å². The number of nitrogens with zero attached hydrogens (tertiary/aromatic N) is 1. The van der Waals surface area contributed by atoms with E-state index in [1.807, 2.05) is 18.2 Å². The average molecular weight is 329 g/mol. The molecule has 2 aliphatic carbocycles. The number of para-hydroxylation sites is 1. The number of benzene rings is 1. The number of allylic oxidation sites excluding steroid dienone is 1. The number of carbonyl (C=O) groups excluding carboxylic acids is 1. The van der Waals surface area contributed by atoms with Crippen LogP contribution >= 0.6 is 23.1 Å². The lowest BCUT2D eigenvalue weighted by Crippen LogP contribution is -2.32. The van der Waals surface area contributed by atoms with Gasteiger partial charge in [0.25, 0.3) is 0 Å². The van der Waals surface area contributed by atoms with Crippen molar-refractivity contribution in [3.05, 3.63) is 36.4 Å². The van der Waals surface area contributed by atoms with Crippen molar-refractivity contribution in [3.63, 3.8) is 0 Å². The Bertz CT molecular complexity index is 758. The zero-order valence-corrected chi connectivity index (χ0v) is 14.5. The van der Waals surface area contributed by atoms with Crippen molar-refractivity contribution < 1.29 is 4.79 Å². The second-order valence-electron chi connectivity index (χ2n) is 7.06. The molecule has 2 nitrogen and oxygen atoms in total. The van der Waals surface area contributed by atoms with Crippen LogP contribution in [0.3, 0.4) is 0 Å². The monoisotopic (exact) mass is 329 g/mol. The molecular formula is C18H19NOS2. The van der Waals surface area contributed by atoms with Crippen LogP contribution in [0.5, 0.6) is 0 Å². The van der Waals surface area contributed by atoms with Crippen LogP contribution < -0.4 is 0 Å². The number of thioether (sulfide) groups is 1. The van der Waals surface area contributed by atoms with Crippen LogP contribution in [-0.2, 0) is 4.79 Å². The molecule has 114 valence electrons. The molecule has 2 atom stereocenters. The third kappa shape index (κ3) is 1.86. The first-order valence-corrected chi connectivity index (χ1v) is 9.34. The van der Waals surface area contributed by atoms with Gasteiger partial charge in [-0.2, -0.15) is 0 Å². The summed E-state index contributed by atoms with van der Waals surface area (Å²) in [7, 11) is 0. The fraction of sp³-hybridized carbons (Fsp3) is 0.444. The highest BCUT2D eigenvalue weighted by Crippen LogP contribution is 2.66. The maximum absolute atomic E-state index is 13.0. The van der Waals surface area contributed by atoms with Crippen molar-refractivity contribution in [1.29, 1.82) is 0 Å². The SMILES string of the molecule is C=C1C2(C(=O)Sc3nc4ccccc4s3)CCC(C2)C1(C)C. The summed E-state index contributed by atoms with van der Waals surface area (Å²) in [5.74, 6) is 0.611. The summed E-state index contributed by atoms with van der Waals surface area (Å²) < 4.78 is 2.01. The summed E-state index contributed by atoms with van der Waals surface area (Å²) >= 11 is 2.94. The van der Waals surface area contributed by atoms with Gasteiger partial charge in [0, 0.05) is 0 Å². The molecule has 1 aromatic carbocycles. The molecule has 0 N–H and O–H groups in total. The topological polar surface area (TPSA) is 30.0 Å². The molecule has 4 rings (SSSR count). The minimum atomic E-state index is -0.309. The van der Waals surface area contributed by atoms with E-state index in [1.165, 1.54) is 11.8 Å². The molecule has 0 saturated heterocycles. The predicted molar refractivity (Wildman–Crippen MR) is 93.2 cm³/mol. The molecule has 0 amide bonds. The smallest absolute Gasteiger partial charge is 0.206 e. The molecule has 2 saturated carbocycles. The third-order valence-corrected chi connectivity index (χ3v) is 7.91. The van der Waals surface area contributed by atoms with E-state index in [0.29, 0.717) is 5.92 Å². The molecule has 22 heavy (non-hydrogen) atoms. The van der Waals surface area contributed by atoms with Crippen molar-refractivity contribution in [2.75, 3.05) is 0 Å². The normalized spacial score (nSPS) is 29.4. The molecule has 1 aromatic heterocycles. The number of fused-ring (bicyclic) bond motifs is 3. The predicted octanol–water partition coefficient (Wildman–Crippen LogP) is 5.30. The summed E-state index contributed by atoms with van der Waals surface area (Å²) in [6.07, 6.45) is 3.10. The lowest BCUT2D eigenvalue weighted by atomic mass is 9.69. The van der Waals surface area contributed by atoms with Gasteiger partial charge in [-0.05, 0) is 54.5 Å². The molecule has 2 aromatic rings. The molecule has 0 aliphatic heterocycles. The first-order chi connectivity index (χ1) is 10.4. The molecule has 2 fully saturated rings. The number of aromatic nitrogens is 1. The van der Waals surface area contributed by atoms with Crippen LogP contribution in [-0.4, -0.2) is 10.1 Å². The van der Waals surface area contributed by atoms with E-state index < -0.39 is 0 Å². The first-order valence-electron chi connectivity index (χ1n) is 7.71. The Hall–Kier alpha value is -1.13. The number of hydrogen-bond acceptors (Lipinski definition) is 4. The van der Waals surface area contributed by atoms with Gasteiger partial charge in [-0.15, -0.1) is 11.3 Å². The summed E-state index contributed by atoms with van der Waals surface area (Å²) in [5.41, 5.74) is 1.92. The van der Waals surface area contributed by atoms with Crippen molar-refractivity contribution in [2.24, 2.45) is 16.7 Å². The highest BCUT2D eigenvalue weighted by Gasteiger charge is 2.60. The molecular weight excluding hydrogens is 310 g/mol. The van der Waals surface area contributed by atoms with Gasteiger partial charge in [0.1, 0.15) is 0 Å². The molecule has 0 spiro atoms. The van der Waals surface area contributed by atoms with Gasteiger partial charge in [0.2, 0.25) is 5.12 Å². The summed E-state index contributed by atoms with van der Waals surface area (Å²) in [6.45, 7) is 8.81. The van der Waals surface area contributed by atoms with Gasteiger partial charge in [-0.1, -0.05) is 38.1 Å². The fourth-order valence-corrected chi connectivity index (χ4v) is 6.35. The Morgan fingerprint density at radius 2 is 2.18 bits per heavy atom. The average Bonchev–Trinajstić information content (AvgIpc) is 3.14. The fourth-order valence-electron chi connectivity index (χ4n) is 4.18. The van der Waals surface area contributed by atoms with E-state index in [9.17, 15) is 4.79 Å². The largest absolute Gasteiger partial charge is 0.286 e. The molecule has 1 heterocycles. The lowest BCUT2D eigenvalue weighted by Gasteiger charge is -2.36. The molecule has 4 heteroatoms. The Labute approximate surface area is 139 Å². The number of rotatable bonds is 2. The number of carbonyl (C=O) groups is 1. The molecule has 2 aliphatic rings. The second-order valence-corrected chi connectivity index (χ2v) is 9.31. The maximum atomic E-state index is 13.0. The zero-order chi connectivity index (χ0) is 15.5. The highest BCUT2D eigenvalue weighted by molar-refractivity contribution is 8.15. The second kappa shape index (κ2) is 4.68. The maximum Gasteiger partial charge on any atom is 0.206 e. The van der Waals surface area contributed by atoms with Gasteiger partial charge in [0.15, 0.2) is 4.34 Å². The summed E-state index contributed by atoms with van der Waals surface area (Å²) in [4.78, 5) is 17.6. The van der Waals surface area contributed by atoms with E-state index in [4.69, 9.17) is 0 Å². The van der Waals surface area contributed by atoms with E-state index in [2.05, 4.69) is 31.5 Å². The van der Waals surface area contributed by atoms with Gasteiger partial charge in [-0.25, -0.2) is 4.98 Å². The number of hydrogen-bond donors (Lipinski definition) is 0. The van der Waals surface area contributed by atoms with Gasteiger partial charge in [-0.3, -0.25) is 4.79 Å². The van der Waals surface area contributed by atoms with Crippen molar-refractivity contribution >= 4 is 38.4 Å². The van der Waals surface area contributed by atoms with Crippen LogP contribution in [0.25, 0.3) is 10.2 Å². The summed E-state index contributed by atoms with van der Waals surface area (Å²) in [5, 5.41) is 0.254. The third-order valence-electron chi connectivity index (χ3n) is 5.74. The summed E-state index contributed by atoms with van der Waals surface area (Å²) in [6, 6.07) is 8.06. The van der Waals surface area contributed by atoms with Gasteiger partial charge >= 0.3 is 0 Å². The highest BCUT2D eigenvalue weighted by atomic mass is 32.2. The van der Waals surface area contributed by atoms with Crippen LogP contribution in [0.2, 0.25) is 0 Å². The minimum Gasteiger partial charge on any atom is -0.286 e. The van der Waals surface area contributed by atoms with Gasteiger partial charge in [0.05, 0.1) is 15.6 Å². The Kier molecular flexibility index (Phi) is 3.08. The zero-order valence-electron chi connectivity index (χ0n) is 12.9. The number of thiazole rings is 1.